The molecule has 0 saturated carbocycles. The van der Waals surface area contributed by atoms with Gasteiger partial charge < -0.3 is 20.3 Å². The predicted molar refractivity (Wildman–Crippen MR) is 338 cm³/mol. The van der Waals surface area contributed by atoms with Gasteiger partial charge in [-0.25, -0.2) is 0 Å². The monoisotopic (exact) mass is 1080 g/mol. The summed E-state index contributed by atoms with van der Waals surface area (Å²) in [6, 6.07) is -0.635. The van der Waals surface area contributed by atoms with Crippen LogP contribution in [0.5, 0.6) is 0 Å². The van der Waals surface area contributed by atoms with E-state index in [1.807, 2.05) is 6.08 Å². The van der Waals surface area contributed by atoms with Crippen LogP contribution in [-0.4, -0.2) is 47.4 Å². The molecule has 2 atom stereocenters. The highest BCUT2D eigenvalue weighted by atomic mass is 16.5. The summed E-state index contributed by atoms with van der Waals surface area (Å²) >= 11 is 0. The molecule has 0 spiro atoms. The van der Waals surface area contributed by atoms with E-state index in [0.29, 0.717) is 19.4 Å². The molecule has 452 valence electrons. The number of rotatable bonds is 64. The number of esters is 1. The number of hydrogen-bond donors (Lipinski definition) is 3. The zero-order chi connectivity index (χ0) is 55.7. The minimum absolute atomic E-state index is 0.00446. The first-order valence-electron chi connectivity index (χ1n) is 34.4. The Kier molecular flexibility index (Phi) is 64.5. The molecule has 0 aromatic heterocycles. The summed E-state index contributed by atoms with van der Waals surface area (Å²) in [5.41, 5.74) is 0. The fraction of sp³-hybridized carbons (Fsp3) is 0.859. The van der Waals surface area contributed by atoms with E-state index in [2.05, 4.69) is 55.6 Å². The largest absolute Gasteiger partial charge is 0.466 e. The third-order valence-electron chi connectivity index (χ3n) is 15.8. The van der Waals surface area contributed by atoms with E-state index in [0.717, 1.165) is 57.8 Å². The van der Waals surface area contributed by atoms with Gasteiger partial charge in [0.1, 0.15) is 0 Å². The normalized spacial score (nSPS) is 12.8. The Hall–Kier alpha value is -2.18. The zero-order valence-electron chi connectivity index (χ0n) is 51.7. The number of aliphatic hydroxyl groups is 2. The van der Waals surface area contributed by atoms with Crippen molar-refractivity contribution in [1.82, 2.24) is 5.32 Å². The molecule has 3 N–H and O–H groups in total. The van der Waals surface area contributed by atoms with E-state index in [-0.39, 0.29) is 18.5 Å². The molecule has 0 saturated heterocycles. The molecule has 0 bridgehead atoms. The Bertz CT molecular complexity index is 1290. The van der Waals surface area contributed by atoms with Gasteiger partial charge in [0.05, 0.1) is 25.4 Å². The van der Waals surface area contributed by atoms with Gasteiger partial charge in [-0.2, -0.15) is 0 Å². The topological polar surface area (TPSA) is 95.9 Å². The standard InChI is InChI=1S/C71H133NO5/c1-3-5-7-9-11-13-15-17-19-20-21-22-23-26-29-32-36-39-43-47-51-55-59-63-69(74)68(67-73)72-70(75)64-60-56-52-48-44-40-37-33-30-27-24-25-28-31-34-38-42-46-50-54-58-62-66-77-71(76)65-61-57-53-49-45-41-35-18-16-14-12-10-8-6-4-2/h12,14,18,27,30,35,59,63,68-69,73-74H,3-11,13,15-17,19-26,28-29,31-34,36-58,60-62,64-67H2,1-2H3,(H,72,75)/b14-12-,30-27-,35-18-,63-59+. The molecule has 0 aliphatic rings. The van der Waals surface area contributed by atoms with E-state index < -0.39 is 12.1 Å². The Morgan fingerprint density at radius 1 is 0.364 bits per heavy atom. The van der Waals surface area contributed by atoms with Crippen molar-refractivity contribution in [2.45, 2.75) is 379 Å². The fourth-order valence-electron chi connectivity index (χ4n) is 10.5. The maximum Gasteiger partial charge on any atom is 0.305 e. The second-order valence-corrected chi connectivity index (χ2v) is 23.5. The average molecular weight is 1080 g/mol. The number of carbonyl (C=O) groups is 2. The molecule has 0 radical (unpaired) electrons. The summed E-state index contributed by atoms with van der Waals surface area (Å²) in [5, 5.41) is 23.3. The molecule has 0 aromatic rings. The van der Waals surface area contributed by atoms with Crippen LogP contribution in [0, 0.1) is 0 Å². The van der Waals surface area contributed by atoms with Gasteiger partial charge in [-0.1, -0.05) is 313 Å². The van der Waals surface area contributed by atoms with Crippen LogP contribution < -0.4 is 5.32 Å². The molecule has 6 heteroatoms. The summed E-state index contributed by atoms with van der Waals surface area (Å²) in [5.74, 6) is -0.0767. The Labute approximate surface area is 480 Å². The number of amides is 1. The molecular weight excluding hydrogens is 947 g/mol. The van der Waals surface area contributed by atoms with Crippen molar-refractivity contribution < 1.29 is 24.5 Å². The summed E-state index contributed by atoms with van der Waals surface area (Å²) in [4.78, 5) is 24.6. The van der Waals surface area contributed by atoms with Crippen molar-refractivity contribution in [3.8, 4) is 0 Å². The van der Waals surface area contributed by atoms with Crippen LogP contribution in [0.4, 0.5) is 0 Å². The molecule has 0 aromatic carbocycles. The highest BCUT2D eigenvalue weighted by Gasteiger charge is 2.18. The number of carbonyl (C=O) groups excluding carboxylic acids is 2. The molecule has 0 aliphatic heterocycles. The third-order valence-corrected chi connectivity index (χ3v) is 15.8. The van der Waals surface area contributed by atoms with Crippen molar-refractivity contribution in [3.05, 3.63) is 48.6 Å². The van der Waals surface area contributed by atoms with Crippen LogP contribution in [0.25, 0.3) is 0 Å². The molecule has 6 nitrogen and oxygen atoms in total. The van der Waals surface area contributed by atoms with Crippen LogP contribution in [0.2, 0.25) is 0 Å². The van der Waals surface area contributed by atoms with E-state index in [4.69, 9.17) is 4.74 Å². The highest BCUT2D eigenvalue weighted by molar-refractivity contribution is 5.76. The summed E-state index contributed by atoms with van der Waals surface area (Å²) in [6.45, 7) is 4.89. The molecule has 77 heavy (non-hydrogen) atoms. The average Bonchev–Trinajstić information content (AvgIpc) is 3.43. The van der Waals surface area contributed by atoms with Crippen molar-refractivity contribution >= 4 is 11.9 Å². The smallest absolute Gasteiger partial charge is 0.305 e. The second kappa shape index (κ2) is 66.3. The zero-order valence-corrected chi connectivity index (χ0v) is 51.7. The number of unbranched alkanes of at least 4 members (excludes halogenated alkanes) is 47. The Morgan fingerprint density at radius 3 is 1.03 bits per heavy atom. The Morgan fingerprint density at radius 2 is 0.649 bits per heavy atom. The lowest BCUT2D eigenvalue weighted by Gasteiger charge is -2.20. The van der Waals surface area contributed by atoms with Crippen LogP contribution in [-0.2, 0) is 14.3 Å². The molecule has 0 heterocycles. The SMILES string of the molecule is CCCCC/C=C\C/C=C\CCCCCCCC(=O)OCCCCCCCCCCCCC/C=C\CCCCCCCCCC(=O)NC(CO)C(O)/C=C/CCCCCCCCCCCCCCCCCCCCCCC. The van der Waals surface area contributed by atoms with E-state index in [1.54, 1.807) is 6.08 Å². The molecule has 1 amide bonds. The van der Waals surface area contributed by atoms with Crippen LogP contribution in [0.15, 0.2) is 48.6 Å². The van der Waals surface area contributed by atoms with E-state index in [9.17, 15) is 19.8 Å². The van der Waals surface area contributed by atoms with Gasteiger partial charge >= 0.3 is 5.97 Å². The molecule has 0 rings (SSSR count). The number of aliphatic hydroxyl groups excluding tert-OH is 2. The van der Waals surface area contributed by atoms with Crippen LogP contribution in [0.3, 0.4) is 0 Å². The lowest BCUT2D eigenvalue weighted by molar-refractivity contribution is -0.143. The third kappa shape index (κ3) is 62.9. The summed E-state index contributed by atoms with van der Waals surface area (Å²) < 4.78 is 5.48. The molecule has 0 aliphatic carbocycles. The first kappa shape index (κ1) is 74.8. The molecule has 0 fully saturated rings. The lowest BCUT2D eigenvalue weighted by atomic mass is 10.0. The highest BCUT2D eigenvalue weighted by Crippen LogP contribution is 2.18. The minimum atomic E-state index is -0.851. The predicted octanol–water partition coefficient (Wildman–Crippen LogP) is 22.1. The molecular formula is C71H133NO5. The quantitative estimate of drug-likeness (QED) is 0.0320. The van der Waals surface area contributed by atoms with Crippen LogP contribution >= 0.6 is 0 Å². The van der Waals surface area contributed by atoms with Crippen molar-refractivity contribution in [2.24, 2.45) is 0 Å². The maximum absolute atomic E-state index is 12.5. The second-order valence-electron chi connectivity index (χ2n) is 23.5. The molecule has 2 unspecified atom stereocenters. The maximum atomic E-state index is 12.5. The number of nitrogens with one attached hydrogen (secondary N) is 1. The lowest BCUT2D eigenvalue weighted by Crippen LogP contribution is -2.45. The first-order chi connectivity index (χ1) is 38.0. The number of ether oxygens (including phenoxy) is 1. The van der Waals surface area contributed by atoms with Gasteiger partial charge in [0.15, 0.2) is 0 Å². The van der Waals surface area contributed by atoms with E-state index in [1.165, 1.54) is 283 Å². The Balaban J connectivity index is 3.46. The number of allylic oxidation sites excluding steroid dienone is 7. The number of hydrogen-bond acceptors (Lipinski definition) is 5. The van der Waals surface area contributed by atoms with Gasteiger partial charge in [-0.15, -0.1) is 0 Å². The van der Waals surface area contributed by atoms with Gasteiger partial charge in [-0.05, 0) is 89.9 Å². The fourth-order valence-corrected chi connectivity index (χ4v) is 10.5. The van der Waals surface area contributed by atoms with Gasteiger partial charge in [0.25, 0.3) is 0 Å². The van der Waals surface area contributed by atoms with Gasteiger partial charge in [0.2, 0.25) is 5.91 Å². The van der Waals surface area contributed by atoms with E-state index >= 15 is 0 Å². The first-order valence-corrected chi connectivity index (χ1v) is 34.4. The van der Waals surface area contributed by atoms with Gasteiger partial charge in [0, 0.05) is 12.8 Å². The van der Waals surface area contributed by atoms with Crippen molar-refractivity contribution in [2.75, 3.05) is 13.2 Å². The minimum Gasteiger partial charge on any atom is -0.466 e. The van der Waals surface area contributed by atoms with Crippen LogP contribution in [0.1, 0.15) is 367 Å². The summed E-state index contributed by atoms with van der Waals surface area (Å²) in [7, 11) is 0. The van der Waals surface area contributed by atoms with Gasteiger partial charge in [-0.3, -0.25) is 9.59 Å². The van der Waals surface area contributed by atoms with Crippen molar-refractivity contribution in [1.29, 1.82) is 0 Å². The van der Waals surface area contributed by atoms with Crippen molar-refractivity contribution in [3.63, 3.8) is 0 Å². The summed E-state index contributed by atoms with van der Waals surface area (Å²) in [6.07, 6.45) is 86.0.